The molecule has 4 heteroatoms. The largest absolute Gasteiger partial charge is 0.488 e. The first-order valence-corrected chi connectivity index (χ1v) is 4.73. The van der Waals surface area contributed by atoms with Crippen LogP contribution in [0.3, 0.4) is 0 Å². The maximum absolute atomic E-state index is 5.65. The summed E-state index contributed by atoms with van der Waals surface area (Å²) in [4.78, 5) is 4.08. The zero-order chi connectivity index (χ0) is 9.97. The molecule has 1 aromatic rings. The van der Waals surface area contributed by atoms with Gasteiger partial charge in [-0.25, -0.2) is 4.98 Å². The lowest BCUT2D eigenvalue weighted by atomic mass is 10.2. The molecule has 1 saturated carbocycles. The minimum Gasteiger partial charge on any atom is -0.488 e. The Morgan fingerprint density at radius 3 is 2.93 bits per heavy atom. The average Bonchev–Trinajstić information content (AvgIpc) is 3.02. The summed E-state index contributed by atoms with van der Waals surface area (Å²) >= 11 is 0. The van der Waals surface area contributed by atoms with Gasteiger partial charge in [0.2, 0.25) is 5.88 Å². The van der Waals surface area contributed by atoms with E-state index in [9.17, 15) is 0 Å². The van der Waals surface area contributed by atoms with Crippen molar-refractivity contribution in [2.75, 3.05) is 7.11 Å². The van der Waals surface area contributed by atoms with Crippen molar-refractivity contribution < 1.29 is 9.47 Å². The summed E-state index contributed by atoms with van der Waals surface area (Å²) in [7, 11) is 1.59. The van der Waals surface area contributed by atoms with Crippen LogP contribution < -0.4 is 15.2 Å². The fourth-order valence-corrected chi connectivity index (χ4v) is 1.21. The summed E-state index contributed by atoms with van der Waals surface area (Å²) in [5, 5.41) is 0. The Bertz CT molecular complexity index is 324. The molecule has 0 saturated heterocycles. The number of pyridine rings is 1. The van der Waals surface area contributed by atoms with Crippen LogP contribution in [0.4, 0.5) is 0 Å². The van der Waals surface area contributed by atoms with E-state index in [1.54, 1.807) is 13.3 Å². The highest BCUT2D eigenvalue weighted by molar-refractivity contribution is 5.35. The Balaban J connectivity index is 2.19. The van der Waals surface area contributed by atoms with Gasteiger partial charge in [-0.3, -0.25) is 0 Å². The minimum absolute atomic E-state index is 0.371. The molecule has 1 heterocycles. The Morgan fingerprint density at radius 1 is 1.57 bits per heavy atom. The van der Waals surface area contributed by atoms with Crippen molar-refractivity contribution in [1.29, 1.82) is 0 Å². The van der Waals surface area contributed by atoms with Crippen LogP contribution >= 0.6 is 0 Å². The quantitative estimate of drug-likeness (QED) is 0.779. The van der Waals surface area contributed by atoms with Crippen LogP contribution in [0, 0.1) is 0 Å². The Morgan fingerprint density at radius 2 is 2.36 bits per heavy atom. The van der Waals surface area contributed by atoms with Gasteiger partial charge in [0.25, 0.3) is 0 Å². The van der Waals surface area contributed by atoms with E-state index in [2.05, 4.69) is 4.98 Å². The summed E-state index contributed by atoms with van der Waals surface area (Å²) in [5.41, 5.74) is 6.55. The monoisotopic (exact) mass is 194 g/mol. The molecule has 1 fully saturated rings. The van der Waals surface area contributed by atoms with Gasteiger partial charge in [-0.15, -0.1) is 0 Å². The summed E-state index contributed by atoms with van der Waals surface area (Å²) in [6.45, 7) is 0.445. The molecule has 1 aromatic heterocycles. The van der Waals surface area contributed by atoms with Gasteiger partial charge in [0.05, 0.1) is 19.4 Å². The van der Waals surface area contributed by atoms with Crippen molar-refractivity contribution in [3.8, 4) is 11.6 Å². The van der Waals surface area contributed by atoms with Crippen LogP contribution in [0.15, 0.2) is 12.3 Å². The summed E-state index contributed by atoms with van der Waals surface area (Å²) in [6, 6.07) is 1.82. The number of nitrogens with two attached hydrogens (primary N) is 1. The molecule has 0 amide bonds. The molecular weight excluding hydrogens is 180 g/mol. The second-order valence-electron chi connectivity index (χ2n) is 3.36. The SMILES string of the molecule is COc1cc(CN)c(OC2CC2)cn1. The number of aromatic nitrogens is 1. The molecule has 1 aliphatic carbocycles. The number of methoxy groups -OCH3 is 1. The lowest BCUT2D eigenvalue weighted by Gasteiger charge is -2.09. The third-order valence-electron chi connectivity index (χ3n) is 2.17. The van der Waals surface area contributed by atoms with E-state index in [0.717, 1.165) is 24.2 Å². The molecule has 0 aliphatic heterocycles. The molecule has 0 spiro atoms. The van der Waals surface area contributed by atoms with Crippen molar-refractivity contribution in [3.05, 3.63) is 17.8 Å². The van der Waals surface area contributed by atoms with Crippen molar-refractivity contribution in [2.45, 2.75) is 25.5 Å². The van der Waals surface area contributed by atoms with Gasteiger partial charge in [-0.2, -0.15) is 0 Å². The van der Waals surface area contributed by atoms with E-state index in [1.165, 1.54) is 0 Å². The molecule has 2 N–H and O–H groups in total. The molecule has 0 atom stereocenters. The summed E-state index contributed by atoms with van der Waals surface area (Å²) in [6.07, 6.45) is 4.32. The second-order valence-corrected chi connectivity index (χ2v) is 3.36. The summed E-state index contributed by atoms with van der Waals surface area (Å²) in [5.74, 6) is 1.37. The van der Waals surface area contributed by atoms with Crippen LogP contribution in [0.1, 0.15) is 18.4 Å². The van der Waals surface area contributed by atoms with E-state index >= 15 is 0 Å². The lowest BCUT2D eigenvalue weighted by Crippen LogP contribution is -2.05. The van der Waals surface area contributed by atoms with Gasteiger partial charge in [-0.1, -0.05) is 0 Å². The molecule has 0 aromatic carbocycles. The van der Waals surface area contributed by atoms with Crippen LogP contribution in [-0.4, -0.2) is 18.2 Å². The van der Waals surface area contributed by atoms with E-state index in [-0.39, 0.29) is 0 Å². The maximum Gasteiger partial charge on any atom is 0.213 e. The van der Waals surface area contributed by atoms with Crippen LogP contribution in [0.5, 0.6) is 11.6 Å². The molecule has 1 aliphatic rings. The Kier molecular flexibility index (Phi) is 2.54. The topological polar surface area (TPSA) is 57.4 Å². The van der Waals surface area contributed by atoms with Gasteiger partial charge in [0.1, 0.15) is 5.75 Å². The van der Waals surface area contributed by atoms with Crippen LogP contribution in [0.25, 0.3) is 0 Å². The highest BCUT2D eigenvalue weighted by atomic mass is 16.5. The molecule has 14 heavy (non-hydrogen) atoms. The third kappa shape index (κ3) is 1.96. The molecule has 2 rings (SSSR count). The third-order valence-corrected chi connectivity index (χ3v) is 2.17. The fourth-order valence-electron chi connectivity index (χ4n) is 1.21. The number of ether oxygens (including phenoxy) is 2. The van der Waals surface area contributed by atoms with E-state index in [0.29, 0.717) is 18.5 Å². The molecule has 0 unspecified atom stereocenters. The minimum atomic E-state index is 0.371. The number of rotatable bonds is 4. The van der Waals surface area contributed by atoms with E-state index < -0.39 is 0 Å². The second kappa shape index (κ2) is 3.84. The van der Waals surface area contributed by atoms with Crippen LogP contribution in [0.2, 0.25) is 0 Å². The maximum atomic E-state index is 5.65. The average molecular weight is 194 g/mol. The molecule has 4 nitrogen and oxygen atoms in total. The van der Waals surface area contributed by atoms with Crippen molar-refractivity contribution in [3.63, 3.8) is 0 Å². The Labute approximate surface area is 83.0 Å². The summed E-state index contributed by atoms with van der Waals surface area (Å²) < 4.78 is 10.7. The first kappa shape index (κ1) is 9.27. The Hall–Kier alpha value is -1.29. The standard InChI is InChI=1S/C10H14N2O2/c1-13-10-4-7(5-11)9(6-12-10)14-8-2-3-8/h4,6,8H,2-3,5,11H2,1H3. The van der Waals surface area contributed by atoms with E-state index in [4.69, 9.17) is 15.2 Å². The number of hydrogen-bond acceptors (Lipinski definition) is 4. The first-order chi connectivity index (χ1) is 6.83. The van der Waals surface area contributed by atoms with Crippen LogP contribution in [-0.2, 0) is 6.54 Å². The predicted molar refractivity (Wildman–Crippen MR) is 52.3 cm³/mol. The molecule has 0 bridgehead atoms. The van der Waals surface area contributed by atoms with Crippen molar-refractivity contribution in [1.82, 2.24) is 4.98 Å². The molecule has 76 valence electrons. The fraction of sp³-hybridized carbons (Fsp3) is 0.500. The lowest BCUT2D eigenvalue weighted by molar-refractivity contribution is 0.297. The highest BCUT2D eigenvalue weighted by Gasteiger charge is 2.24. The normalized spacial score (nSPS) is 15.3. The molecular formula is C10H14N2O2. The van der Waals surface area contributed by atoms with Crippen molar-refractivity contribution in [2.24, 2.45) is 5.73 Å². The highest BCUT2D eigenvalue weighted by Crippen LogP contribution is 2.29. The van der Waals surface area contributed by atoms with Gasteiger partial charge in [0.15, 0.2) is 0 Å². The van der Waals surface area contributed by atoms with Gasteiger partial charge >= 0.3 is 0 Å². The predicted octanol–water partition coefficient (Wildman–Crippen LogP) is 1.09. The number of nitrogens with zero attached hydrogens (tertiary/aromatic N) is 1. The first-order valence-electron chi connectivity index (χ1n) is 4.73. The number of hydrogen-bond donors (Lipinski definition) is 1. The zero-order valence-electron chi connectivity index (χ0n) is 8.19. The van der Waals surface area contributed by atoms with Gasteiger partial charge in [0, 0.05) is 18.2 Å². The van der Waals surface area contributed by atoms with Gasteiger partial charge < -0.3 is 15.2 Å². The molecule has 0 radical (unpaired) electrons. The smallest absolute Gasteiger partial charge is 0.213 e. The zero-order valence-corrected chi connectivity index (χ0v) is 8.19. The van der Waals surface area contributed by atoms with Crippen molar-refractivity contribution >= 4 is 0 Å². The van der Waals surface area contributed by atoms with E-state index in [1.807, 2.05) is 6.07 Å². The van der Waals surface area contributed by atoms with Gasteiger partial charge in [-0.05, 0) is 12.8 Å².